The summed E-state index contributed by atoms with van der Waals surface area (Å²) in [5, 5.41) is 9.39. The Kier molecular flexibility index (Phi) is 4.50. The molecule has 2 rings (SSSR count). The molecule has 0 radical (unpaired) electrons. The van der Waals surface area contributed by atoms with Crippen LogP contribution in [0.4, 0.5) is 0 Å². The van der Waals surface area contributed by atoms with Crippen LogP contribution in [0.25, 0.3) is 0 Å². The zero-order chi connectivity index (χ0) is 13.8. The molecule has 0 unspecified atom stereocenters. The van der Waals surface area contributed by atoms with Crippen LogP contribution in [0, 0.1) is 20.8 Å². The molecule has 5 heteroatoms. The van der Waals surface area contributed by atoms with Gasteiger partial charge in [0, 0.05) is 22.6 Å². The number of hydrogen-bond acceptors (Lipinski definition) is 5. The number of aliphatic hydroxyl groups excluding tert-OH is 1. The maximum atomic E-state index is 9.39. The van der Waals surface area contributed by atoms with E-state index in [-0.39, 0.29) is 6.61 Å². The summed E-state index contributed by atoms with van der Waals surface area (Å²) in [6, 6.07) is 1.95. The van der Waals surface area contributed by atoms with Crippen LogP contribution < -0.4 is 4.74 Å². The monoisotopic (exact) mass is 278 g/mol. The van der Waals surface area contributed by atoms with Gasteiger partial charge in [0.1, 0.15) is 0 Å². The maximum absolute atomic E-state index is 9.39. The number of hydrogen-bond donors (Lipinski definition) is 1. The predicted octanol–water partition coefficient (Wildman–Crippen LogP) is 2.58. The Morgan fingerprint density at radius 2 is 2.11 bits per heavy atom. The van der Waals surface area contributed by atoms with E-state index in [0.717, 1.165) is 28.9 Å². The number of aromatic nitrogens is 2. The largest absolute Gasteiger partial charge is 0.477 e. The van der Waals surface area contributed by atoms with Crippen LogP contribution in [0.3, 0.4) is 0 Å². The van der Waals surface area contributed by atoms with E-state index in [4.69, 9.17) is 4.74 Å². The van der Waals surface area contributed by atoms with Gasteiger partial charge in [0.05, 0.1) is 24.4 Å². The van der Waals surface area contributed by atoms with E-state index in [9.17, 15) is 5.11 Å². The maximum Gasteiger partial charge on any atom is 0.219 e. The number of thiazole rings is 1. The molecule has 0 spiro atoms. The van der Waals surface area contributed by atoms with Gasteiger partial charge in [-0.3, -0.25) is 0 Å². The fourth-order valence-corrected chi connectivity index (χ4v) is 2.71. The number of nitrogens with zero attached hydrogens (tertiary/aromatic N) is 2. The molecule has 2 heterocycles. The van der Waals surface area contributed by atoms with Gasteiger partial charge in [-0.2, -0.15) is 0 Å². The van der Waals surface area contributed by atoms with Crippen LogP contribution in [0.5, 0.6) is 5.88 Å². The number of aryl methyl sites for hydroxylation is 3. The third-order valence-electron chi connectivity index (χ3n) is 3.01. The summed E-state index contributed by atoms with van der Waals surface area (Å²) in [5.41, 5.74) is 5.59. The topological polar surface area (TPSA) is 55.2 Å². The normalized spacial score (nSPS) is 10.7. The van der Waals surface area contributed by atoms with E-state index >= 15 is 0 Å². The second-order valence-electron chi connectivity index (χ2n) is 4.48. The van der Waals surface area contributed by atoms with E-state index in [1.807, 2.05) is 32.3 Å². The molecule has 0 aliphatic rings. The molecule has 0 saturated carbocycles. The van der Waals surface area contributed by atoms with E-state index in [1.165, 1.54) is 4.88 Å². The van der Waals surface area contributed by atoms with E-state index in [2.05, 4.69) is 9.97 Å². The number of pyridine rings is 1. The summed E-state index contributed by atoms with van der Waals surface area (Å²) in [6.45, 7) is 6.38. The van der Waals surface area contributed by atoms with Crippen LogP contribution in [0.15, 0.2) is 11.6 Å². The van der Waals surface area contributed by atoms with E-state index in [0.29, 0.717) is 12.5 Å². The molecule has 2 aromatic rings. The third-order valence-corrected chi connectivity index (χ3v) is 4.00. The van der Waals surface area contributed by atoms with Gasteiger partial charge in [-0.15, -0.1) is 11.3 Å². The van der Waals surface area contributed by atoms with Gasteiger partial charge in [-0.05, 0) is 32.4 Å². The van der Waals surface area contributed by atoms with Crippen molar-refractivity contribution >= 4 is 11.3 Å². The molecule has 1 N–H and O–H groups in total. The minimum Gasteiger partial charge on any atom is -0.477 e. The van der Waals surface area contributed by atoms with Crippen molar-refractivity contribution in [1.29, 1.82) is 0 Å². The molecule has 0 amide bonds. The molecular formula is C14H18N2O2S. The Bertz CT molecular complexity index is 567. The standard InChI is InChI=1S/C14H18N2O2S/c1-9-6-10(2)16-14(12(9)7-17)18-5-4-13-11(3)15-8-19-13/h6,8,17H,4-5,7H2,1-3H3. The Hall–Kier alpha value is -1.46. The van der Waals surface area contributed by atoms with Crippen molar-refractivity contribution in [3.63, 3.8) is 0 Å². The number of ether oxygens (including phenoxy) is 1. The van der Waals surface area contributed by atoms with Crippen molar-refractivity contribution in [2.75, 3.05) is 6.61 Å². The summed E-state index contributed by atoms with van der Waals surface area (Å²) in [7, 11) is 0. The lowest BCUT2D eigenvalue weighted by Crippen LogP contribution is -2.07. The van der Waals surface area contributed by atoms with Gasteiger partial charge < -0.3 is 9.84 Å². The van der Waals surface area contributed by atoms with E-state index in [1.54, 1.807) is 11.3 Å². The van der Waals surface area contributed by atoms with Crippen molar-refractivity contribution < 1.29 is 9.84 Å². The first-order chi connectivity index (χ1) is 9.11. The molecule has 102 valence electrons. The molecule has 0 bridgehead atoms. The average molecular weight is 278 g/mol. The fourth-order valence-electron chi connectivity index (χ4n) is 1.95. The van der Waals surface area contributed by atoms with Crippen LogP contribution in [0.1, 0.15) is 27.4 Å². The van der Waals surface area contributed by atoms with Crippen LogP contribution in [0.2, 0.25) is 0 Å². The van der Waals surface area contributed by atoms with Gasteiger partial charge in [0.25, 0.3) is 0 Å². The highest BCUT2D eigenvalue weighted by atomic mass is 32.1. The minimum absolute atomic E-state index is 0.0476. The zero-order valence-corrected chi connectivity index (χ0v) is 12.3. The Balaban J connectivity index is 2.05. The summed E-state index contributed by atoms with van der Waals surface area (Å²) in [6.07, 6.45) is 0.816. The second kappa shape index (κ2) is 6.12. The van der Waals surface area contributed by atoms with Crippen molar-refractivity contribution in [1.82, 2.24) is 9.97 Å². The van der Waals surface area contributed by atoms with Gasteiger partial charge >= 0.3 is 0 Å². The fraction of sp³-hybridized carbons (Fsp3) is 0.429. The first-order valence-electron chi connectivity index (χ1n) is 6.21. The summed E-state index contributed by atoms with van der Waals surface area (Å²) in [4.78, 5) is 9.79. The quantitative estimate of drug-likeness (QED) is 0.913. The number of aliphatic hydroxyl groups is 1. The van der Waals surface area contributed by atoms with Crippen LogP contribution >= 0.6 is 11.3 Å². The van der Waals surface area contributed by atoms with E-state index < -0.39 is 0 Å². The highest BCUT2D eigenvalue weighted by Gasteiger charge is 2.10. The van der Waals surface area contributed by atoms with Crippen LogP contribution in [-0.4, -0.2) is 21.7 Å². The Morgan fingerprint density at radius 1 is 1.32 bits per heavy atom. The van der Waals surface area contributed by atoms with Gasteiger partial charge in [0.15, 0.2) is 0 Å². The molecule has 19 heavy (non-hydrogen) atoms. The minimum atomic E-state index is -0.0476. The lowest BCUT2D eigenvalue weighted by Gasteiger charge is -2.12. The highest BCUT2D eigenvalue weighted by molar-refractivity contribution is 7.09. The molecule has 0 aliphatic heterocycles. The molecule has 0 atom stereocenters. The van der Waals surface area contributed by atoms with Crippen molar-refractivity contribution in [3.8, 4) is 5.88 Å². The second-order valence-corrected chi connectivity index (χ2v) is 5.42. The molecule has 0 aliphatic carbocycles. The predicted molar refractivity (Wildman–Crippen MR) is 75.7 cm³/mol. The summed E-state index contributed by atoms with van der Waals surface area (Å²) < 4.78 is 5.73. The molecule has 0 saturated heterocycles. The first kappa shape index (κ1) is 14.0. The summed E-state index contributed by atoms with van der Waals surface area (Å²) in [5.74, 6) is 0.544. The van der Waals surface area contributed by atoms with Gasteiger partial charge in [0.2, 0.25) is 5.88 Å². The molecule has 2 aromatic heterocycles. The van der Waals surface area contributed by atoms with Crippen LogP contribution in [-0.2, 0) is 13.0 Å². The highest BCUT2D eigenvalue weighted by Crippen LogP contribution is 2.21. The molecule has 0 aromatic carbocycles. The third kappa shape index (κ3) is 3.30. The molecule has 4 nitrogen and oxygen atoms in total. The van der Waals surface area contributed by atoms with Crippen molar-refractivity contribution in [2.24, 2.45) is 0 Å². The average Bonchev–Trinajstić information content (AvgIpc) is 2.75. The first-order valence-corrected chi connectivity index (χ1v) is 7.09. The Labute approximate surface area is 117 Å². The Morgan fingerprint density at radius 3 is 2.74 bits per heavy atom. The van der Waals surface area contributed by atoms with Gasteiger partial charge in [-0.1, -0.05) is 0 Å². The lowest BCUT2D eigenvalue weighted by molar-refractivity contribution is 0.257. The summed E-state index contributed by atoms with van der Waals surface area (Å²) >= 11 is 1.64. The molecular weight excluding hydrogens is 260 g/mol. The SMILES string of the molecule is Cc1cc(C)c(CO)c(OCCc2scnc2C)n1. The zero-order valence-electron chi connectivity index (χ0n) is 11.4. The van der Waals surface area contributed by atoms with Crippen molar-refractivity contribution in [2.45, 2.75) is 33.8 Å². The molecule has 0 fully saturated rings. The lowest BCUT2D eigenvalue weighted by atomic mass is 10.1. The van der Waals surface area contributed by atoms with Gasteiger partial charge in [-0.25, -0.2) is 9.97 Å². The smallest absolute Gasteiger partial charge is 0.219 e. The number of rotatable bonds is 5. The van der Waals surface area contributed by atoms with Crippen molar-refractivity contribution in [3.05, 3.63) is 39.0 Å².